The van der Waals surface area contributed by atoms with Crippen LogP contribution in [0.2, 0.25) is 0 Å². The van der Waals surface area contributed by atoms with Crippen molar-refractivity contribution in [1.29, 1.82) is 0 Å². The second kappa shape index (κ2) is 7.40. The van der Waals surface area contributed by atoms with Gasteiger partial charge in [0.25, 0.3) is 0 Å². The summed E-state index contributed by atoms with van der Waals surface area (Å²) in [4.78, 5) is 13.7. The van der Waals surface area contributed by atoms with Crippen molar-refractivity contribution < 1.29 is 28.5 Å². The molecule has 12 atom stereocenters. The highest BCUT2D eigenvalue weighted by molar-refractivity contribution is 5.98. The molecule has 212 valence electrons. The van der Waals surface area contributed by atoms with Gasteiger partial charge in [-0.1, -0.05) is 13.5 Å². The maximum Gasteiger partial charge on any atom is 0.188 e. The Labute approximate surface area is 231 Å². The fourth-order valence-electron chi connectivity index (χ4n) is 13.3. The zero-order chi connectivity index (χ0) is 26.1. The molecule has 0 radical (unpaired) electrons. The minimum absolute atomic E-state index is 0.0176. The Morgan fingerprint density at radius 3 is 2.26 bits per heavy atom. The number of rotatable bonds is 3. The molecule has 3 heterocycles. The molecule has 0 aromatic carbocycles. The number of hydrogen-bond acceptors (Lipinski definition) is 6. The summed E-state index contributed by atoms with van der Waals surface area (Å²) in [5.74, 6) is 4.32. The van der Waals surface area contributed by atoms with Gasteiger partial charge in [-0.3, -0.25) is 4.79 Å². The third-order valence-corrected chi connectivity index (χ3v) is 14.5. The molecule has 11 fully saturated rings. The molecule has 6 nitrogen and oxygen atoms in total. The van der Waals surface area contributed by atoms with Crippen LogP contribution in [0.4, 0.5) is 0 Å². The van der Waals surface area contributed by atoms with Crippen LogP contribution < -0.4 is 0 Å². The molecule has 3 saturated heterocycles. The largest absolute Gasteiger partial charge is 0.347 e. The number of Topliss-reactive ketones (excluding diaryl/α,β-unsaturated/α-hetero) is 1. The van der Waals surface area contributed by atoms with Crippen molar-refractivity contribution in [2.75, 3.05) is 6.61 Å². The fourth-order valence-corrected chi connectivity index (χ4v) is 13.3. The van der Waals surface area contributed by atoms with Crippen molar-refractivity contribution in [2.45, 2.75) is 114 Å². The van der Waals surface area contributed by atoms with Gasteiger partial charge in [0.2, 0.25) is 0 Å². The molecule has 0 N–H and O–H groups in total. The highest BCUT2D eigenvalue weighted by Gasteiger charge is 2.80. The van der Waals surface area contributed by atoms with E-state index < -0.39 is 24.0 Å². The molecule has 0 aromatic heterocycles. The first-order valence-electron chi connectivity index (χ1n) is 16.3. The maximum atomic E-state index is 13.7. The van der Waals surface area contributed by atoms with E-state index in [2.05, 4.69) is 13.5 Å². The van der Waals surface area contributed by atoms with Crippen molar-refractivity contribution in [1.82, 2.24) is 0 Å². The zero-order valence-corrected chi connectivity index (χ0v) is 23.5. The molecule has 11 aliphatic rings. The van der Waals surface area contributed by atoms with Gasteiger partial charge < -0.3 is 23.7 Å². The molecule has 0 aromatic rings. The van der Waals surface area contributed by atoms with Crippen LogP contribution >= 0.6 is 0 Å². The summed E-state index contributed by atoms with van der Waals surface area (Å²) in [5, 5.41) is 0. The number of fused-ring (bicyclic) bond motifs is 5. The molecular formula is C33H44O6. The maximum absolute atomic E-state index is 13.7. The van der Waals surface area contributed by atoms with E-state index in [1.165, 1.54) is 64.2 Å². The van der Waals surface area contributed by atoms with Crippen LogP contribution in [0.25, 0.3) is 0 Å². The SMILES string of the molecule is C=C(C)C(=O)C1O[C@@H]2OC3(O[C@@H]2[C@@H](C)[C@@H]1C1COC2(O1)C1CC4CC(C1)CC2C4)C1CC2CC4CC3C4(C2)C1. The molecule has 8 unspecified atom stereocenters. The van der Waals surface area contributed by atoms with Gasteiger partial charge in [0.05, 0.1) is 12.7 Å². The van der Waals surface area contributed by atoms with Crippen molar-refractivity contribution in [2.24, 2.45) is 64.6 Å². The van der Waals surface area contributed by atoms with Crippen molar-refractivity contribution in [3.8, 4) is 0 Å². The Bertz CT molecular complexity index is 1120. The van der Waals surface area contributed by atoms with Gasteiger partial charge in [0.1, 0.15) is 12.2 Å². The third kappa shape index (κ3) is 2.72. The van der Waals surface area contributed by atoms with Gasteiger partial charge in [-0.05, 0) is 112 Å². The number of ketones is 1. The molecule has 3 spiro atoms. The van der Waals surface area contributed by atoms with E-state index in [9.17, 15) is 4.79 Å². The first-order chi connectivity index (χ1) is 18.8. The Morgan fingerprint density at radius 2 is 1.51 bits per heavy atom. The summed E-state index contributed by atoms with van der Waals surface area (Å²) in [6, 6.07) is 0. The topological polar surface area (TPSA) is 63.2 Å². The third-order valence-electron chi connectivity index (χ3n) is 14.5. The normalized spacial score (nSPS) is 64.6. The predicted molar refractivity (Wildman–Crippen MR) is 140 cm³/mol. The molecule has 11 rings (SSSR count). The van der Waals surface area contributed by atoms with Gasteiger partial charge in [-0.25, -0.2) is 0 Å². The molecular weight excluding hydrogens is 492 g/mol. The van der Waals surface area contributed by atoms with E-state index in [-0.39, 0.29) is 29.8 Å². The summed E-state index contributed by atoms with van der Waals surface area (Å²) < 4.78 is 34.7. The number of hydrogen-bond donors (Lipinski definition) is 0. The molecule has 39 heavy (non-hydrogen) atoms. The van der Waals surface area contributed by atoms with Crippen LogP contribution in [0.3, 0.4) is 0 Å². The van der Waals surface area contributed by atoms with Gasteiger partial charge >= 0.3 is 0 Å². The lowest BCUT2D eigenvalue weighted by molar-refractivity contribution is -0.303. The fraction of sp³-hybridized carbons (Fsp3) is 0.909. The molecule has 8 aliphatic carbocycles. The van der Waals surface area contributed by atoms with Gasteiger partial charge in [0.15, 0.2) is 23.6 Å². The van der Waals surface area contributed by atoms with E-state index in [0.717, 1.165) is 23.7 Å². The summed E-state index contributed by atoms with van der Waals surface area (Å²) >= 11 is 0. The van der Waals surface area contributed by atoms with Crippen molar-refractivity contribution in [3.05, 3.63) is 12.2 Å². The Balaban J connectivity index is 0.972. The van der Waals surface area contributed by atoms with Crippen LogP contribution in [0.1, 0.15) is 78.1 Å². The van der Waals surface area contributed by atoms with E-state index >= 15 is 0 Å². The van der Waals surface area contributed by atoms with Gasteiger partial charge in [-0.15, -0.1) is 0 Å². The second-order valence-electron chi connectivity index (χ2n) is 16.1. The lowest BCUT2D eigenvalue weighted by atomic mass is 9.53. The average molecular weight is 537 g/mol. The lowest BCUT2D eigenvalue weighted by Gasteiger charge is -2.58. The van der Waals surface area contributed by atoms with Gasteiger partial charge in [-0.2, -0.15) is 0 Å². The summed E-state index contributed by atoms with van der Waals surface area (Å²) in [6.45, 7) is 8.64. The van der Waals surface area contributed by atoms with E-state index in [4.69, 9.17) is 23.7 Å². The average Bonchev–Trinajstić information content (AvgIpc) is 3.59. The summed E-state index contributed by atoms with van der Waals surface area (Å²) in [7, 11) is 0. The standard InChI is InChI=1S/C33H44O6/c1-15(2)27(34)29-26(24-14-35-32(37-24)21-5-17-4-18(7-21)8-22(32)6-17)16(3)28-30(36-29)39-33(38-28)23-10-19-9-20-11-25(33)31(20,12-19)13-23/h16-26,28-30H,1,4-14H2,2-3H3/t16-,17?,18?,19?,20?,21?,22?,23?,24?,25?,26+,28+,29?,30+,31?,32?,33?/m0/s1. The first kappa shape index (κ1) is 23.7. The van der Waals surface area contributed by atoms with E-state index in [0.29, 0.717) is 41.3 Å². The minimum atomic E-state index is -0.623. The quantitative estimate of drug-likeness (QED) is 0.460. The Kier molecular flexibility index (Phi) is 4.50. The molecule has 8 saturated carbocycles. The summed E-state index contributed by atoms with van der Waals surface area (Å²) in [6.07, 6.45) is 11.4. The smallest absolute Gasteiger partial charge is 0.188 e. The molecule has 3 aliphatic heterocycles. The number of carbonyl (C=O) groups excluding carboxylic acids is 1. The molecule has 6 heteroatoms. The second-order valence-corrected chi connectivity index (χ2v) is 16.1. The van der Waals surface area contributed by atoms with Crippen LogP contribution in [0.15, 0.2) is 12.2 Å². The number of carbonyl (C=O) groups is 1. The Morgan fingerprint density at radius 1 is 0.795 bits per heavy atom. The van der Waals surface area contributed by atoms with Crippen molar-refractivity contribution in [3.63, 3.8) is 0 Å². The zero-order valence-electron chi connectivity index (χ0n) is 23.5. The van der Waals surface area contributed by atoms with Crippen LogP contribution in [-0.2, 0) is 28.5 Å². The predicted octanol–water partition coefficient (Wildman–Crippen LogP) is 5.24. The minimum Gasteiger partial charge on any atom is -0.347 e. The van der Waals surface area contributed by atoms with Crippen molar-refractivity contribution >= 4 is 5.78 Å². The monoisotopic (exact) mass is 536 g/mol. The van der Waals surface area contributed by atoms with E-state index in [1.807, 2.05) is 6.92 Å². The van der Waals surface area contributed by atoms with E-state index in [1.54, 1.807) is 0 Å². The lowest BCUT2D eigenvalue weighted by Crippen LogP contribution is -2.60. The number of ether oxygens (including phenoxy) is 5. The summed E-state index contributed by atoms with van der Waals surface area (Å²) in [5.41, 5.74) is 0.993. The van der Waals surface area contributed by atoms with Crippen LogP contribution in [0.5, 0.6) is 0 Å². The highest BCUT2D eigenvalue weighted by Crippen LogP contribution is 2.80. The first-order valence-corrected chi connectivity index (χ1v) is 16.3. The van der Waals surface area contributed by atoms with Gasteiger partial charge in [0, 0.05) is 29.6 Å². The van der Waals surface area contributed by atoms with Crippen LogP contribution in [0, 0.1) is 64.6 Å². The molecule has 7 bridgehead atoms. The van der Waals surface area contributed by atoms with Crippen LogP contribution in [-0.4, -0.2) is 48.6 Å². The molecule has 0 amide bonds. The Hall–Kier alpha value is -0.790. The highest BCUT2D eigenvalue weighted by atomic mass is 16.8.